The Bertz CT molecular complexity index is 775. The number of carbonyl (C=O) groups excluding carboxylic acids is 1. The van der Waals surface area contributed by atoms with Gasteiger partial charge in [0.05, 0.1) is 5.69 Å². The van der Waals surface area contributed by atoms with E-state index >= 15 is 0 Å². The van der Waals surface area contributed by atoms with Crippen LogP contribution >= 0.6 is 0 Å². The van der Waals surface area contributed by atoms with Gasteiger partial charge < -0.3 is 10.3 Å². The molecular formula is C15H19N5O2. The number of urea groups is 1. The van der Waals surface area contributed by atoms with Gasteiger partial charge in [0.2, 0.25) is 0 Å². The molecular weight excluding hydrogens is 282 g/mol. The molecule has 0 saturated heterocycles. The summed E-state index contributed by atoms with van der Waals surface area (Å²) in [5.41, 5.74) is 3.49. The summed E-state index contributed by atoms with van der Waals surface area (Å²) in [5.74, 6) is 0.609. The summed E-state index contributed by atoms with van der Waals surface area (Å²) in [6.07, 6.45) is 2.99. The Morgan fingerprint density at radius 2 is 2.23 bits per heavy atom. The van der Waals surface area contributed by atoms with E-state index in [4.69, 9.17) is 0 Å². The highest BCUT2D eigenvalue weighted by Gasteiger charge is 2.14. The molecule has 2 aromatic heterocycles. The van der Waals surface area contributed by atoms with Gasteiger partial charge in [-0.05, 0) is 37.8 Å². The van der Waals surface area contributed by atoms with Crippen LogP contribution in [0.5, 0.6) is 0 Å². The lowest BCUT2D eigenvalue weighted by atomic mass is 10.1. The molecule has 7 nitrogen and oxygen atoms in total. The molecule has 0 aliphatic heterocycles. The van der Waals surface area contributed by atoms with Crippen LogP contribution in [-0.4, -0.2) is 20.8 Å². The smallest absolute Gasteiger partial charge is 0.320 e. The number of amides is 2. The molecule has 116 valence electrons. The van der Waals surface area contributed by atoms with Gasteiger partial charge in [0.25, 0.3) is 5.56 Å². The second kappa shape index (κ2) is 5.67. The summed E-state index contributed by atoms with van der Waals surface area (Å²) in [7, 11) is 1.76. The van der Waals surface area contributed by atoms with E-state index in [0.717, 1.165) is 30.7 Å². The van der Waals surface area contributed by atoms with Gasteiger partial charge >= 0.3 is 6.03 Å². The van der Waals surface area contributed by atoms with Gasteiger partial charge in [-0.25, -0.2) is 4.79 Å². The maximum absolute atomic E-state index is 12.0. The number of carbonyl (C=O) groups is 1. The van der Waals surface area contributed by atoms with E-state index in [0.29, 0.717) is 11.4 Å². The predicted octanol–water partition coefficient (Wildman–Crippen LogP) is 1.23. The number of anilines is 1. The number of hydrogen-bond acceptors (Lipinski definition) is 3. The molecule has 0 fully saturated rings. The van der Waals surface area contributed by atoms with Crippen molar-refractivity contribution < 1.29 is 4.79 Å². The van der Waals surface area contributed by atoms with E-state index in [1.165, 1.54) is 5.56 Å². The highest BCUT2D eigenvalue weighted by atomic mass is 16.2. The largest absolute Gasteiger partial charge is 0.334 e. The van der Waals surface area contributed by atoms with Crippen LogP contribution in [-0.2, 0) is 26.4 Å². The Hall–Kier alpha value is -2.57. The molecule has 1 aliphatic rings. The lowest BCUT2D eigenvalue weighted by molar-refractivity contribution is 0.251. The summed E-state index contributed by atoms with van der Waals surface area (Å²) in [4.78, 5) is 26.8. The highest BCUT2D eigenvalue weighted by molar-refractivity contribution is 5.88. The zero-order valence-electron chi connectivity index (χ0n) is 12.7. The summed E-state index contributed by atoms with van der Waals surface area (Å²) in [5, 5.41) is 9.57. The van der Waals surface area contributed by atoms with E-state index in [1.54, 1.807) is 17.8 Å². The fraction of sp³-hybridized carbons (Fsp3) is 0.400. The molecule has 1 aliphatic carbocycles. The van der Waals surface area contributed by atoms with Crippen molar-refractivity contribution in [3.63, 3.8) is 0 Å². The molecule has 2 amide bonds. The van der Waals surface area contributed by atoms with E-state index in [2.05, 4.69) is 20.7 Å². The summed E-state index contributed by atoms with van der Waals surface area (Å²) < 4.78 is 1.59. The van der Waals surface area contributed by atoms with Crippen molar-refractivity contribution in [1.82, 2.24) is 20.1 Å². The third-order valence-electron chi connectivity index (χ3n) is 3.85. The number of rotatable bonds is 3. The highest BCUT2D eigenvalue weighted by Crippen LogP contribution is 2.18. The second-order valence-corrected chi connectivity index (χ2v) is 5.58. The Labute approximate surface area is 127 Å². The van der Waals surface area contributed by atoms with Crippen LogP contribution in [0.4, 0.5) is 10.6 Å². The topological polar surface area (TPSA) is 91.8 Å². The quantitative estimate of drug-likeness (QED) is 0.796. The number of nitrogens with zero attached hydrogens (tertiary/aromatic N) is 2. The van der Waals surface area contributed by atoms with Gasteiger partial charge in [-0.15, -0.1) is 0 Å². The van der Waals surface area contributed by atoms with Crippen LogP contribution in [0.1, 0.15) is 28.9 Å². The number of pyridine rings is 1. The van der Waals surface area contributed by atoms with Crippen LogP contribution < -0.4 is 16.2 Å². The lowest BCUT2D eigenvalue weighted by Gasteiger charge is -2.08. The SMILES string of the molecule is Cc1cc(NC(=O)NCc2cc3c([nH]c2=O)CCC3)n(C)n1. The Morgan fingerprint density at radius 3 is 2.95 bits per heavy atom. The number of H-pyrrole nitrogens is 1. The van der Waals surface area contributed by atoms with E-state index in [-0.39, 0.29) is 18.1 Å². The Balaban J connectivity index is 1.64. The molecule has 3 N–H and O–H groups in total. The fourth-order valence-corrected chi connectivity index (χ4v) is 2.76. The van der Waals surface area contributed by atoms with E-state index < -0.39 is 0 Å². The zero-order chi connectivity index (χ0) is 15.7. The molecule has 7 heteroatoms. The zero-order valence-corrected chi connectivity index (χ0v) is 12.7. The predicted molar refractivity (Wildman–Crippen MR) is 82.9 cm³/mol. The molecule has 22 heavy (non-hydrogen) atoms. The third-order valence-corrected chi connectivity index (χ3v) is 3.85. The van der Waals surface area contributed by atoms with Crippen LogP contribution in [0, 0.1) is 6.92 Å². The normalized spacial score (nSPS) is 13.0. The average Bonchev–Trinajstić information content (AvgIpc) is 3.02. The van der Waals surface area contributed by atoms with Crippen LogP contribution in [0.2, 0.25) is 0 Å². The standard InChI is InChI=1S/C15H19N5O2/c1-9-6-13(20(2)19-9)18-15(22)16-8-11-7-10-4-3-5-12(10)17-14(11)21/h6-7H,3-5,8H2,1-2H3,(H,17,21)(H2,16,18,22). The van der Waals surface area contributed by atoms with Crippen LogP contribution in [0.3, 0.4) is 0 Å². The van der Waals surface area contributed by atoms with Crippen molar-refractivity contribution in [3.8, 4) is 0 Å². The molecule has 0 bridgehead atoms. The number of aromatic amines is 1. The molecule has 0 saturated carbocycles. The van der Waals surface area contributed by atoms with Gasteiger partial charge in [-0.1, -0.05) is 0 Å². The van der Waals surface area contributed by atoms with Gasteiger partial charge in [0.15, 0.2) is 0 Å². The minimum atomic E-state index is -0.358. The van der Waals surface area contributed by atoms with Gasteiger partial charge in [0, 0.05) is 30.9 Å². The maximum atomic E-state index is 12.0. The first kappa shape index (κ1) is 14.4. The molecule has 0 atom stereocenters. The number of aryl methyl sites for hydroxylation is 4. The minimum absolute atomic E-state index is 0.127. The van der Waals surface area contributed by atoms with Crippen LogP contribution in [0.25, 0.3) is 0 Å². The fourth-order valence-electron chi connectivity index (χ4n) is 2.76. The molecule has 0 unspecified atom stereocenters. The minimum Gasteiger partial charge on any atom is -0.334 e. The number of nitrogens with one attached hydrogen (secondary N) is 3. The van der Waals surface area contributed by atoms with Gasteiger partial charge in [0.1, 0.15) is 5.82 Å². The molecule has 0 radical (unpaired) electrons. The van der Waals surface area contributed by atoms with Gasteiger partial charge in [-0.2, -0.15) is 5.10 Å². The monoisotopic (exact) mass is 301 g/mol. The van der Waals surface area contributed by atoms with Crippen molar-refractivity contribution in [1.29, 1.82) is 0 Å². The van der Waals surface area contributed by atoms with E-state index in [1.807, 2.05) is 13.0 Å². The molecule has 0 aromatic carbocycles. The summed E-state index contributed by atoms with van der Waals surface area (Å²) >= 11 is 0. The average molecular weight is 301 g/mol. The first-order chi connectivity index (χ1) is 10.5. The Kier molecular flexibility index (Phi) is 3.70. The maximum Gasteiger partial charge on any atom is 0.320 e. The van der Waals surface area contributed by atoms with Crippen LogP contribution in [0.15, 0.2) is 16.9 Å². The first-order valence-electron chi connectivity index (χ1n) is 7.32. The molecule has 2 aromatic rings. The number of aromatic nitrogens is 3. The van der Waals surface area contributed by atoms with Crippen molar-refractivity contribution in [2.75, 3.05) is 5.32 Å². The Morgan fingerprint density at radius 1 is 1.41 bits per heavy atom. The van der Waals surface area contributed by atoms with Gasteiger partial charge in [-0.3, -0.25) is 14.8 Å². The molecule has 2 heterocycles. The van der Waals surface area contributed by atoms with E-state index in [9.17, 15) is 9.59 Å². The van der Waals surface area contributed by atoms with Crippen molar-refractivity contribution in [3.05, 3.63) is 45.0 Å². The second-order valence-electron chi connectivity index (χ2n) is 5.58. The summed E-state index contributed by atoms with van der Waals surface area (Å²) in [6, 6.07) is 3.32. The molecule has 0 spiro atoms. The van der Waals surface area contributed by atoms with Crippen molar-refractivity contribution >= 4 is 11.8 Å². The summed E-state index contributed by atoms with van der Waals surface area (Å²) in [6.45, 7) is 2.05. The van der Waals surface area contributed by atoms with Crippen molar-refractivity contribution in [2.45, 2.75) is 32.7 Å². The third kappa shape index (κ3) is 2.88. The van der Waals surface area contributed by atoms with Crippen molar-refractivity contribution in [2.24, 2.45) is 7.05 Å². The number of fused-ring (bicyclic) bond motifs is 1. The number of hydrogen-bond donors (Lipinski definition) is 3. The lowest BCUT2D eigenvalue weighted by Crippen LogP contribution is -2.31. The first-order valence-corrected chi connectivity index (χ1v) is 7.32. The molecule has 3 rings (SSSR count).